The largest absolute Gasteiger partial charge is 0.465 e. The number of benzene rings is 2. The molecule has 1 N–H and O–H groups in total. The highest BCUT2D eigenvalue weighted by molar-refractivity contribution is 5.93. The minimum atomic E-state index is -1.00. The average Bonchev–Trinajstić information content (AvgIpc) is 2.98. The molecule has 0 bridgehead atoms. The van der Waals surface area contributed by atoms with Crippen LogP contribution in [-0.4, -0.2) is 42.8 Å². The molecule has 25 heavy (non-hydrogen) atoms. The van der Waals surface area contributed by atoms with Crippen LogP contribution in [0.3, 0.4) is 0 Å². The van der Waals surface area contributed by atoms with Gasteiger partial charge in [0, 0.05) is 18.7 Å². The zero-order valence-corrected chi connectivity index (χ0v) is 14.6. The van der Waals surface area contributed by atoms with E-state index in [0.29, 0.717) is 17.8 Å². The third-order valence-corrected chi connectivity index (χ3v) is 4.74. The average molecular weight is 342 g/mol. The van der Waals surface area contributed by atoms with Crippen LogP contribution in [0.15, 0.2) is 42.5 Å². The number of carbonyl (C=O) groups is 1. The third kappa shape index (κ3) is 3.99. The lowest BCUT2D eigenvalue weighted by Crippen LogP contribution is -2.35. The van der Waals surface area contributed by atoms with E-state index in [2.05, 4.69) is 4.90 Å². The molecule has 132 valence electrons. The summed E-state index contributed by atoms with van der Waals surface area (Å²) in [5, 5.41) is 9.77. The van der Waals surface area contributed by atoms with Gasteiger partial charge in [-0.15, -0.1) is 0 Å². The molecule has 2 aromatic rings. The Morgan fingerprint density at radius 1 is 1.32 bits per heavy atom. The Labute approximate surface area is 147 Å². The topological polar surface area (TPSA) is 43.8 Å². The number of hydrogen-bond acceptors (Lipinski definition) is 2. The number of aryl methyl sites for hydroxylation is 1. The first-order valence-electron chi connectivity index (χ1n) is 8.49. The highest BCUT2D eigenvalue weighted by atomic mass is 19.1. The van der Waals surface area contributed by atoms with Crippen molar-refractivity contribution in [3.8, 4) is 11.1 Å². The third-order valence-electron chi connectivity index (χ3n) is 4.74. The van der Waals surface area contributed by atoms with Crippen LogP contribution in [-0.2, 0) is 0 Å². The summed E-state index contributed by atoms with van der Waals surface area (Å²) in [6, 6.07) is 12.0. The summed E-state index contributed by atoms with van der Waals surface area (Å²) in [5.74, 6) is -0.0808. The van der Waals surface area contributed by atoms with E-state index in [9.17, 15) is 14.3 Å². The van der Waals surface area contributed by atoms with Gasteiger partial charge in [-0.3, -0.25) is 4.90 Å². The van der Waals surface area contributed by atoms with Crippen molar-refractivity contribution in [3.63, 3.8) is 0 Å². The number of nitrogens with zero attached hydrogens (tertiary/aromatic N) is 2. The second kappa shape index (κ2) is 7.23. The molecule has 1 amide bonds. The smallest absolute Gasteiger partial charge is 0.411 e. The first kappa shape index (κ1) is 17.4. The van der Waals surface area contributed by atoms with Crippen molar-refractivity contribution in [3.05, 3.63) is 53.8 Å². The van der Waals surface area contributed by atoms with Gasteiger partial charge in [0.25, 0.3) is 0 Å². The van der Waals surface area contributed by atoms with E-state index in [1.165, 1.54) is 17.0 Å². The van der Waals surface area contributed by atoms with Crippen LogP contribution in [0.4, 0.5) is 14.9 Å². The molecule has 3 rings (SSSR count). The van der Waals surface area contributed by atoms with Crippen molar-refractivity contribution in [2.75, 3.05) is 31.6 Å². The number of rotatable bonds is 4. The molecule has 1 unspecified atom stereocenters. The minimum absolute atomic E-state index is 0.288. The number of anilines is 1. The lowest BCUT2D eigenvalue weighted by molar-refractivity contribution is 0.200. The lowest BCUT2D eigenvalue weighted by atomic mass is 10.00. The molecule has 5 heteroatoms. The van der Waals surface area contributed by atoms with Gasteiger partial charge >= 0.3 is 6.09 Å². The van der Waals surface area contributed by atoms with E-state index in [-0.39, 0.29) is 11.7 Å². The number of halogens is 1. The molecule has 0 aromatic heterocycles. The molecular weight excluding hydrogens is 319 g/mol. The standard InChI is InChI=1S/C20H23FN2O2/c1-14-4-3-5-16(10-14)18-11-17(21)6-7-19(18)23(20(24)25)13-15-8-9-22(2)12-15/h3-7,10-11,15H,8-9,12-13H2,1-2H3,(H,24,25). The molecule has 1 aliphatic rings. The number of hydrogen-bond donors (Lipinski definition) is 1. The fraction of sp³-hybridized carbons (Fsp3) is 0.350. The van der Waals surface area contributed by atoms with Gasteiger partial charge in [-0.1, -0.05) is 29.8 Å². The van der Waals surface area contributed by atoms with Crippen molar-refractivity contribution in [2.24, 2.45) is 5.92 Å². The monoisotopic (exact) mass is 342 g/mol. The van der Waals surface area contributed by atoms with Crippen LogP contribution >= 0.6 is 0 Å². The maximum Gasteiger partial charge on any atom is 0.411 e. The molecule has 1 aliphatic heterocycles. The van der Waals surface area contributed by atoms with Crippen molar-refractivity contribution >= 4 is 11.8 Å². The second-order valence-electron chi connectivity index (χ2n) is 6.84. The summed E-state index contributed by atoms with van der Waals surface area (Å²) in [7, 11) is 2.04. The predicted molar refractivity (Wildman–Crippen MR) is 97.5 cm³/mol. The Balaban J connectivity index is 2.00. The lowest BCUT2D eigenvalue weighted by Gasteiger charge is -2.25. The first-order chi connectivity index (χ1) is 11.9. The van der Waals surface area contributed by atoms with Crippen molar-refractivity contribution in [1.29, 1.82) is 0 Å². The fourth-order valence-electron chi connectivity index (χ4n) is 3.50. The van der Waals surface area contributed by atoms with Crippen LogP contribution in [0, 0.1) is 18.7 Å². The summed E-state index contributed by atoms with van der Waals surface area (Å²) in [5.41, 5.74) is 3.02. The summed E-state index contributed by atoms with van der Waals surface area (Å²) in [6.45, 7) is 4.24. The Kier molecular flexibility index (Phi) is 5.04. The summed E-state index contributed by atoms with van der Waals surface area (Å²) in [4.78, 5) is 15.5. The molecule has 4 nitrogen and oxygen atoms in total. The molecule has 0 radical (unpaired) electrons. The number of carboxylic acid groups (broad SMARTS) is 1. The normalized spacial score (nSPS) is 17.6. The molecule has 1 atom stereocenters. The van der Waals surface area contributed by atoms with Gasteiger partial charge in [0.2, 0.25) is 0 Å². The SMILES string of the molecule is Cc1cccc(-c2cc(F)ccc2N(CC2CCN(C)C2)C(=O)O)c1. The Bertz CT molecular complexity index is 778. The molecule has 1 fully saturated rings. The zero-order chi connectivity index (χ0) is 18.0. The van der Waals surface area contributed by atoms with Crippen LogP contribution in [0.2, 0.25) is 0 Å². The summed E-state index contributed by atoms with van der Waals surface area (Å²) >= 11 is 0. The van der Waals surface area contributed by atoms with E-state index in [1.54, 1.807) is 6.07 Å². The van der Waals surface area contributed by atoms with Crippen LogP contribution in [0.1, 0.15) is 12.0 Å². The highest BCUT2D eigenvalue weighted by Gasteiger charge is 2.27. The van der Waals surface area contributed by atoms with E-state index < -0.39 is 6.09 Å². The molecule has 2 aromatic carbocycles. The fourth-order valence-corrected chi connectivity index (χ4v) is 3.50. The molecule has 1 saturated heterocycles. The molecule has 0 spiro atoms. The van der Waals surface area contributed by atoms with Crippen molar-refractivity contribution in [1.82, 2.24) is 4.90 Å². The quantitative estimate of drug-likeness (QED) is 0.904. The molecule has 0 aliphatic carbocycles. The number of likely N-dealkylation sites (tertiary alicyclic amines) is 1. The maximum atomic E-state index is 13.9. The highest BCUT2D eigenvalue weighted by Crippen LogP contribution is 2.33. The summed E-state index contributed by atoms with van der Waals surface area (Å²) in [6.07, 6.45) is -0.0311. The van der Waals surface area contributed by atoms with Gasteiger partial charge in [0.1, 0.15) is 5.82 Å². The Morgan fingerprint density at radius 3 is 2.76 bits per heavy atom. The molecule has 1 heterocycles. The second-order valence-corrected chi connectivity index (χ2v) is 6.84. The van der Waals surface area contributed by atoms with Gasteiger partial charge in [0.05, 0.1) is 5.69 Å². The van der Waals surface area contributed by atoms with Crippen LogP contribution < -0.4 is 4.90 Å². The Hall–Kier alpha value is -2.40. The molecule has 0 saturated carbocycles. The summed E-state index contributed by atoms with van der Waals surface area (Å²) < 4.78 is 13.9. The molecular formula is C20H23FN2O2. The van der Waals surface area contributed by atoms with E-state index in [4.69, 9.17) is 0 Å². The maximum absolute atomic E-state index is 13.9. The number of amides is 1. The van der Waals surface area contributed by atoms with Crippen LogP contribution in [0.5, 0.6) is 0 Å². The van der Waals surface area contributed by atoms with Gasteiger partial charge < -0.3 is 10.0 Å². The van der Waals surface area contributed by atoms with Gasteiger partial charge in [-0.25, -0.2) is 9.18 Å². The van der Waals surface area contributed by atoms with Crippen LogP contribution in [0.25, 0.3) is 11.1 Å². The zero-order valence-electron chi connectivity index (χ0n) is 14.6. The van der Waals surface area contributed by atoms with Gasteiger partial charge in [0.15, 0.2) is 0 Å². The van der Waals surface area contributed by atoms with E-state index in [0.717, 1.165) is 30.6 Å². The Morgan fingerprint density at radius 2 is 2.12 bits per heavy atom. The van der Waals surface area contributed by atoms with E-state index >= 15 is 0 Å². The van der Waals surface area contributed by atoms with E-state index in [1.807, 2.05) is 38.2 Å². The van der Waals surface area contributed by atoms with Gasteiger partial charge in [-0.05, 0) is 56.6 Å². The van der Waals surface area contributed by atoms with Crippen molar-refractivity contribution in [2.45, 2.75) is 13.3 Å². The minimum Gasteiger partial charge on any atom is -0.465 e. The van der Waals surface area contributed by atoms with Crippen molar-refractivity contribution < 1.29 is 14.3 Å². The predicted octanol–water partition coefficient (Wildman–Crippen LogP) is 4.24. The van der Waals surface area contributed by atoms with Gasteiger partial charge in [-0.2, -0.15) is 0 Å². The first-order valence-corrected chi connectivity index (χ1v) is 8.49.